The fraction of sp³-hybridized carbons (Fsp3) is 0.867. The van der Waals surface area contributed by atoms with Crippen LogP contribution < -0.4 is 10.8 Å². The third-order valence-electron chi connectivity index (χ3n) is 11.7. The molecule has 0 bridgehead atoms. The molecule has 6 N–H and O–H groups in total. The standard InChI is InChI=1S/C23H32O7.C7H15NO/c1-20-6-3-16-17(23(20,29)9-5-15(20)13-10-18(25)30-12-13)4-7-21(28)11-14(24)2-8-22(16,21)19(26)27;1-7(2)5-6(8)3-4-9-7/h10,14-17,24,28-29H,2-9,11-12H2,1H3,(H,26,27);6H,3-5,8H2,1-2H3/t14?,15-,16-,17?,20+,21?,22+,23?;/m0./s1. The third-order valence-corrected chi connectivity index (χ3v) is 11.7. The second-order valence-electron chi connectivity index (χ2n) is 14.2. The molecule has 0 spiro atoms. The second kappa shape index (κ2) is 9.79. The van der Waals surface area contributed by atoms with E-state index in [0.717, 1.165) is 31.4 Å². The van der Waals surface area contributed by atoms with E-state index in [1.807, 2.05) is 0 Å². The fourth-order valence-corrected chi connectivity index (χ4v) is 9.83. The monoisotopic (exact) mass is 549 g/mol. The van der Waals surface area contributed by atoms with Crippen LogP contribution in [0.1, 0.15) is 91.4 Å². The predicted molar refractivity (Wildman–Crippen MR) is 138 cm³/mol. The van der Waals surface area contributed by atoms with Gasteiger partial charge in [-0.2, -0.15) is 0 Å². The van der Waals surface area contributed by atoms with E-state index in [1.54, 1.807) is 6.08 Å². The van der Waals surface area contributed by atoms with Crippen molar-refractivity contribution in [2.75, 3.05) is 13.2 Å². The topological polar surface area (TPSA) is 164 Å². The van der Waals surface area contributed by atoms with Gasteiger partial charge in [-0.05, 0) is 88.5 Å². The van der Waals surface area contributed by atoms with E-state index in [4.69, 9.17) is 9.47 Å². The van der Waals surface area contributed by atoms with Crippen molar-refractivity contribution in [2.45, 2.75) is 120 Å². The minimum Gasteiger partial charge on any atom is -0.549 e. The SMILES string of the molecule is CC1(C)CC([NH3+])CCO1.C[C@]12CC[C@H]3C(CCC4(O)CC(O)CC[C@]34C(=O)[O-])C1(O)CC[C@H]2C1=CC(=O)OC1. The first kappa shape index (κ1) is 29.0. The number of esters is 1. The van der Waals surface area contributed by atoms with Crippen LogP contribution in [0.2, 0.25) is 0 Å². The number of aliphatic hydroxyl groups excluding tert-OH is 1. The summed E-state index contributed by atoms with van der Waals surface area (Å²) >= 11 is 0. The van der Waals surface area contributed by atoms with E-state index in [2.05, 4.69) is 26.5 Å². The van der Waals surface area contributed by atoms with E-state index < -0.39 is 34.1 Å². The van der Waals surface area contributed by atoms with E-state index in [-0.39, 0.29) is 55.2 Å². The van der Waals surface area contributed by atoms with Gasteiger partial charge in [0.25, 0.3) is 0 Å². The summed E-state index contributed by atoms with van der Waals surface area (Å²) in [6.07, 6.45) is 6.88. The average molecular weight is 550 g/mol. The summed E-state index contributed by atoms with van der Waals surface area (Å²) in [6, 6.07) is 0.605. The summed E-state index contributed by atoms with van der Waals surface area (Å²) in [5, 5.41) is 46.2. The largest absolute Gasteiger partial charge is 0.549 e. The van der Waals surface area contributed by atoms with Crippen molar-refractivity contribution in [1.82, 2.24) is 0 Å². The number of carbonyl (C=O) groups excluding carboxylic acids is 2. The Kier molecular flexibility index (Phi) is 7.28. The Hall–Kier alpha value is -1.52. The number of ether oxygens (including phenoxy) is 2. The van der Waals surface area contributed by atoms with E-state index in [9.17, 15) is 30.0 Å². The number of aliphatic hydroxyl groups is 3. The van der Waals surface area contributed by atoms with Crippen LogP contribution in [0.25, 0.3) is 0 Å². The highest BCUT2D eigenvalue weighted by atomic mass is 16.5. The van der Waals surface area contributed by atoms with Gasteiger partial charge in [-0.1, -0.05) is 6.92 Å². The van der Waals surface area contributed by atoms with Crippen LogP contribution in [0.5, 0.6) is 0 Å². The van der Waals surface area contributed by atoms with Gasteiger partial charge in [-0.3, -0.25) is 0 Å². The maximum Gasteiger partial charge on any atom is 0.331 e. The highest BCUT2D eigenvalue weighted by Crippen LogP contribution is 2.70. The lowest BCUT2D eigenvalue weighted by Gasteiger charge is -2.67. The molecule has 5 fully saturated rings. The van der Waals surface area contributed by atoms with Crippen LogP contribution in [0.4, 0.5) is 0 Å². The van der Waals surface area contributed by atoms with Gasteiger partial charge in [0.2, 0.25) is 0 Å². The minimum atomic E-state index is -1.50. The number of aliphatic carboxylic acids is 1. The fourth-order valence-electron chi connectivity index (χ4n) is 9.83. The van der Waals surface area contributed by atoms with Gasteiger partial charge in [0, 0.05) is 36.2 Å². The number of carboxylic acids is 1. The normalized spacial score (nSPS) is 48.4. The highest BCUT2D eigenvalue weighted by molar-refractivity contribution is 5.85. The number of rotatable bonds is 2. The van der Waals surface area contributed by atoms with Gasteiger partial charge in [-0.25, -0.2) is 4.79 Å². The molecule has 0 aromatic rings. The first-order chi connectivity index (χ1) is 18.2. The van der Waals surface area contributed by atoms with Gasteiger partial charge in [-0.15, -0.1) is 0 Å². The Morgan fingerprint density at radius 2 is 1.72 bits per heavy atom. The van der Waals surface area contributed by atoms with Crippen LogP contribution >= 0.6 is 0 Å². The molecule has 9 atom stereocenters. The molecular formula is C30H47NO8. The van der Waals surface area contributed by atoms with Crippen molar-refractivity contribution >= 4 is 11.9 Å². The Morgan fingerprint density at radius 1 is 1.00 bits per heavy atom. The Morgan fingerprint density at radius 3 is 2.31 bits per heavy atom. The zero-order valence-electron chi connectivity index (χ0n) is 23.7. The summed E-state index contributed by atoms with van der Waals surface area (Å²) in [6.45, 7) is 7.49. The molecule has 1 saturated heterocycles. The van der Waals surface area contributed by atoms with Gasteiger partial charge in [0.1, 0.15) is 6.61 Å². The van der Waals surface area contributed by atoms with Gasteiger partial charge >= 0.3 is 5.97 Å². The number of cyclic esters (lactones) is 1. The van der Waals surface area contributed by atoms with Gasteiger partial charge in [0.15, 0.2) is 0 Å². The Bertz CT molecular complexity index is 1030. The molecule has 5 unspecified atom stereocenters. The Balaban J connectivity index is 0.000000292. The van der Waals surface area contributed by atoms with Gasteiger partial charge < -0.3 is 40.4 Å². The second-order valence-corrected chi connectivity index (χ2v) is 14.2. The summed E-state index contributed by atoms with van der Waals surface area (Å²) in [7, 11) is 0. The molecule has 9 nitrogen and oxygen atoms in total. The molecule has 4 saturated carbocycles. The van der Waals surface area contributed by atoms with Crippen LogP contribution in [-0.2, 0) is 19.1 Å². The minimum absolute atomic E-state index is 0.0304. The molecule has 0 aromatic carbocycles. The van der Waals surface area contributed by atoms with Gasteiger partial charge in [0.05, 0.1) is 41.5 Å². The molecule has 2 heterocycles. The number of hydrogen-bond donors (Lipinski definition) is 4. The number of carbonyl (C=O) groups is 2. The molecule has 4 aliphatic carbocycles. The molecule has 9 heteroatoms. The quantitative estimate of drug-likeness (QED) is 0.365. The predicted octanol–water partition coefficient (Wildman–Crippen LogP) is 0.635. The third kappa shape index (κ3) is 4.47. The molecular weight excluding hydrogens is 502 g/mol. The number of hydrogen-bond acceptors (Lipinski definition) is 8. The smallest absolute Gasteiger partial charge is 0.331 e. The van der Waals surface area contributed by atoms with Crippen molar-refractivity contribution in [2.24, 2.45) is 28.6 Å². The highest BCUT2D eigenvalue weighted by Gasteiger charge is 2.71. The van der Waals surface area contributed by atoms with Crippen molar-refractivity contribution in [1.29, 1.82) is 0 Å². The molecule has 220 valence electrons. The molecule has 0 aromatic heterocycles. The molecule has 2 aliphatic heterocycles. The number of carboxylic acid groups (broad SMARTS) is 1. The summed E-state index contributed by atoms with van der Waals surface area (Å²) in [4.78, 5) is 24.2. The first-order valence-electron chi connectivity index (χ1n) is 14.9. The first-order valence-corrected chi connectivity index (χ1v) is 14.9. The van der Waals surface area contributed by atoms with Crippen molar-refractivity contribution < 1.29 is 45.2 Å². The summed E-state index contributed by atoms with van der Waals surface area (Å²) in [5.74, 6) is -2.19. The summed E-state index contributed by atoms with van der Waals surface area (Å²) in [5.41, 5.74) is 0.568. The lowest BCUT2D eigenvalue weighted by Crippen LogP contribution is -2.72. The lowest BCUT2D eigenvalue weighted by molar-refractivity contribution is -0.437. The maximum atomic E-state index is 12.6. The zero-order chi connectivity index (χ0) is 28.4. The van der Waals surface area contributed by atoms with Crippen molar-refractivity contribution in [3.8, 4) is 0 Å². The van der Waals surface area contributed by atoms with Crippen LogP contribution in [0, 0.1) is 28.6 Å². The molecule has 6 aliphatic rings. The average Bonchev–Trinajstić information content (AvgIpc) is 3.37. The van der Waals surface area contributed by atoms with Crippen LogP contribution in [0.3, 0.4) is 0 Å². The molecule has 0 radical (unpaired) electrons. The zero-order valence-corrected chi connectivity index (χ0v) is 23.7. The van der Waals surface area contributed by atoms with Crippen molar-refractivity contribution in [3.05, 3.63) is 11.6 Å². The summed E-state index contributed by atoms with van der Waals surface area (Å²) < 4.78 is 10.6. The lowest BCUT2D eigenvalue weighted by atomic mass is 9.41. The molecule has 0 amide bonds. The number of quaternary nitrogens is 1. The van der Waals surface area contributed by atoms with E-state index >= 15 is 0 Å². The molecule has 39 heavy (non-hydrogen) atoms. The van der Waals surface area contributed by atoms with E-state index in [1.165, 1.54) is 0 Å². The van der Waals surface area contributed by atoms with E-state index in [0.29, 0.717) is 38.1 Å². The van der Waals surface area contributed by atoms with Crippen LogP contribution in [0.15, 0.2) is 11.6 Å². The maximum absolute atomic E-state index is 12.6. The van der Waals surface area contributed by atoms with Crippen LogP contribution in [-0.4, -0.2) is 69.4 Å². The molecule has 6 rings (SSSR count). The van der Waals surface area contributed by atoms with Crippen molar-refractivity contribution in [3.63, 3.8) is 0 Å². The number of fused-ring (bicyclic) bond motifs is 5. The Labute approximate surface area is 231 Å².